The van der Waals surface area contributed by atoms with Crippen molar-refractivity contribution in [2.24, 2.45) is 11.8 Å². The zero-order valence-corrected chi connectivity index (χ0v) is 14.3. The van der Waals surface area contributed by atoms with Crippen molar-refractivity contribution >= 4 is 11.6 Å². The molecule has 1 aliphatic carbocycles. The van der Waals surface area contributed by atoms with Crippen LogP contribution in [0.4, 0.5) is 5.69 Å². The fraction of sp³-hybridized carbons (Fsp3) is 0.588. The zero-order chi connectivity index (χ0) is 17.7. The van der Waals surface area contributed by atoms with Crippen LogP contribution < -0.4 is 14.8 Å². The van der Waals surface area contributed by atoms with Crippen LogP contribution in [0, 0.1) is 22.0 Å². The minimum Gasteiger partial charge on any atom is -0.493 e. The first-order valence-corrected chi connectivity index (χ1v) is 8.17. The topological polar surface area (TPSA) is 90.7 Å². The maximum atomic E-state index is 12.1. The molecule has 1 aromatic carbocycles. The highest BCUT2D eigenvalue weighted by Gasteiger charge is 2.28. The minimum atomic E-state index is -0.516. The molecule has 0 saturated heterocycles. The van der Waals surface area contributed by atoms with E-state index in [2.05, 4.69) is 19.2 Å². The van der Waals surface area contributed by atoms with Crippen LogP contribution in [0.5, 0.6) is 11.5 Å². The van der Waals surface area contributed by atoms with Crippen molar-refractivity contribution in [3.8, 4) is 11.5 Å². The van der Waals surface area contributed by atoms with Crippen LogP contribution in [0.3, 0.4) is 0 Å². The van der Waals surface area contributed by atoms with E-state index in [9.17, 15) is 14.9 Å². The summed E-state index contributed by atoms with van der Waals surface area (Å²) in [4.78, 5) is 22.5. The van der Waals surface area contributed by atoms with Gasteiger partial charge in [-0.2, -0.15) is 0 Å². The Morgan fingerprint density at radius 2 is 2.08 bits per heavy atom. The lowest BCUT2D eigenvalue weighted by molar-refractivity contribution is -0.385. The number of ether oxygens (including phenoxy) is 2. The SMILES string of the molecule is COc1ccc([N+](=O)[O-])cc1OCC(=O)NC1CCCC(C)C1C. The summed E-state index contributed by atoms with van der Waals surface area (Å²) in [6.07, 6.45) is 3.27. The van der Waals surface area contributed by atoms with Gasteiger partial charge in [-0.15, -0.1) is 0 Å². The lowest BCUT2D eigenvalue weighted by Gasteiger charge is -2.34. The number of rotatable bonds is 6. The van der Waals surface area contributed by atoms with Crippen LogP contribution in [0.2, 0.25) is 0 Å². The maximum Gasteiger partial charge on any atom is 0.273 e. The second-order valence-electron chi connectivity index (χ2n) is 6.32. The molecule has 0 aromatic heterocycles. The summed E-state index contributed by atoms with van der Waals surface area (Å²) < 4.78 is 10.6. The van der Waals surface area contributed by atoms with Gasteiger partial charge in [-0.1, -0.05) is 26.7 Å². The Balaban J connectivity index is 1.96. The fourth-order valence-corrected chi connectivity index (χ4v) is 3.07. The van der Waals surface area contributed by atoms with Crippen molar-refractivity contribution in [2.75, 3.05) is 13.7 Å². The molecule has 1 fully saturated rings. The number of nitro groups is 1. The molecule has 1 N–H and O–H groups in total. The van der Waals surface area contributed by atoms with Gasteiger partial charge in [-0.3, -0.25) is 14.9 Å². The van der Waals surface area contributed by atoms with Crippen molar-refractivity contribution in [2.45, 2.75) is 39.2 Å². The smallest absolute Gasteiger partial charge is 0.273 e. The minimum absolute atomic E-state index is 0.110. The lowest BCUT2D eigenvalue weighted by atomic mass is 9.78. The van der Waals surface area contributed by atoms with Crippen molar-refractivity contribution in [3.63, 3.8) is 0 Å². The van der Waals surface area contributed by atoms with E-state index in [0.29, 0.717) is 17.6 Å². The first kappa shape index (κ1) is 18.0. The quantitative estimate of drug-likeness (QED) is 0.637. The Kier molecular flexibility index (Phi) is 6.00. The fourth-order valence-electron chi connectivity index (χ4n) is 3.07. The molecule has 132 valence electrons. The van der Waals surface area contributed by atoms with E-state index < -0.39 is 4.92 Å². The van der Waals surface area contributed by atoms with Crippen molar-refractivity contribution in [1.82, 2.24) is 5.32 Å². The van der Waals surface area contributed by atoms with Crippen LogP contribution in [0.15, 0.2) is 18.2 Å². The Morgan fingerprint density at radius 1 is 1.33 bits per heavy atom. The third-order valence-corrected chi connectivity index (χ3v) is 4.77. The highest BCUT2D eigenvalue weighted by Crippen LogP contribution is 2.31. The number of nitrogens with zero attached hydrogens (tertiary/aromatic N) is 1. The summed E-state index contributed by atoms with van der Waals surface area (Å²) in [5.74, 6) is 1.33. The highest BCUT2D eigenvalue weighted by atomic mass is 16.6. The first-order valence-electron chi connectivity index (χ1n) is 8.17. The summed E-state index contributed by atoms with van der Waals surface area (Å²) in [5.41, 5.74) is -0.110. The number of nitrogens with one attached hydrogen (secondary N) is 1. The first-order chi connectivity index (χ1) is 11.4. The molecule has 0 radical (unpaired) electrons. The predicted molar refractivity (Wildman–Crippen MR) is 89.3 cm³/mol. The number of hydrogen-bond acceptors (Lipinski definition) is 5. The van der Waals surface area contributed by atoms with Gasteiger partial charge in [0.1, 0.15) is 0 Å². The van der Waals surface area contributed by atoms with Crippen molar-refractivity contribution < 1.29 is 19.2 Å². The summed E-state index contributed by atoms with van der Waals surface area (Å²) in [7, 11) is 1.44. The van der Waals surface area contributed by atoms with E-state index >= 15 is 0 Å². The Morgan fingerprint density at radius 3 is 2.75 bits per heavy atom. The van der Waals surface area contributed by atoms with Crippen LogP contribution >= 0.6 is 0 Å². The van der Waals surface area contributed by atoms with Crippen molar-refractivity contribution in [3.05, 3.63) is 28.3 Å². The maximum absolute atomic E-state index is 12.1. The van der Waals surface area contributed by atoms with Gasteiger partial charge in [0.25, 0.3) is 11.6 Å². The third kappa shape index (κ3) is 4.37. The Bertz CT molecular complexity index is 605. The summed E-state index contributed by atoms with van der Waals surface area (Å²) in [6.45, 7) is 4.15. The van der Waals surface area contributed by atoms with E-state index in [1.165, 1.54) is 31.7 Å². The molecular weight excluding hydrogens is 312 g/mol. The summed E-state index contributed by atoms with van der Waals surface area (Å²) >= 11 is 0. The molecular formula is C17H24N2O5. The number of benzene rings is 1. The second-order valence-corrected chi connectivity index (χ2v) is 6.32. The Hall–Kier alpha value is -2.31. The number of methoxy groups -OCH3 is 1. The number of non-ortho nitro benzene ring substituents is 1. The summed E-state index contributed by atoms with van der Waals surface area (Å²) in [6, 6.07) is 4.20. The van der Waals surface area contributed by atoms with Gasteiger partial charge in [0, 0.05) is 12.1 Å². The molecule has 3 atom stereocenters. The standard InChI is InChI=1S/C17H24N2O5/c1-11-5-4-6-14(12(11)2)18-17(20)10-24-16-9-13(19(21)22)7-8-15(16)23-3/h7-9,11-12,14H,4-6,10H2,1-3H3,(H,18,20). The molecule has 24 heavy (non-hydrogen) atoms. The summed E-state index contributed by atoms with van der Waals surface area (Å²) in [5, 5.41) is 13.9. The van der Waals surface area contributed by atoms with E-state index in [0.717, 1.165) is 12.8 Å². The highest BCUT2D eigenvalue weighted by molar-refractivity contribution is 5.78. The van der Waals surface area contributed by atoms with Crippen LogP contribution in [-0.2, 0) is 4.79 Å². The van der Waals surface area contributed by atoms with E-state index in [1.54, 1.807) is 0 Å². The van der Waals surface area contributed by atoms with Crippen molar-refractivity contribution in [1.29, 1.82) is 0 Å². The van der Waals surface area contributed by atoms with Crippen LogP contribution in [0.1, 0.15) is 33.1 Å². The largest absolute Gasteiger partial charge is 0.493 e. The molecule has 0 heterocycles. The molecule has 7 nitrogen and oxygen atoms in total. The van der Waals surface area contributed by atoms with E-state index in [4.69, 9.17) is 9.47 Å². The van der Waals surface area contributed by atoms with Gasteiger partial charge < -0.3 is 14.8 Å². The van der Waals surface area contributed by atoms with Gasteiger partial charge in [-0.05, 0) is 24.3 Å². The normalized spacial score (nSPS) is 23.4. The molecule has 1 amide bonds. The zero-order valence-electron chi connectivity index (χ0n) is 14.3. The predicted octanol–water partition coefficient (Wildman–Crippen LogP) is 2.92. The molecule has 1 aliphatic rings. The number of carbonyl (C=O) groups excluding carboxylic acids is 1. The van der Waals surface area contributed by atoms with Gasteiger partial charge in [0.05, 0.1) is 18.1 Å². The number of nitro benzene ring substituents is 1. The molecule has 2 rings (SSSR count). The van der Waals surface area contributed by atoms with E-state index in [-0.39, 0.29) is 30.0 Å². The van der Waals surface area contributed by atoms with Gasteiger partial charge in [0.15, 0.2) is 18.1 Å². The number of carbonyl (C=O) groups is 1. The molecule has 1 saturated carbocycles. The third-order valence-electron chi connectivity index (χ3n) is 4.77. The molecule has 3 unspecified atom stereocenters. The number of hydrogen-bond donors (Lipinski definition) is 1. The van der Waals surface area contributed by atoms with Gasteiger partial charge in [-0.25, -0.2) is 0 Å². The molecule has 0 bridgehead atoms. The average Bonchev–Trinajstić information content (AvgIpc) is 2.56. The molecule has 0 aliphatic heterocycles. The molecule has 0 spiro atoms. The van der Waals surface area contributed by atoms with Crippen LogP contribution in [-0.4, -0.2) is 30.6 Å². The second kappa shape index (κ2) is 7.99. The Labute approximate surface area is 141 Å². The number of amides is 1. The van der Waals surface area contributed by atoms with Gasteiger partial charge in [0.2, 0.25) is 0 Å². The average molecular weight is 336 g/mol. The monoisotopic (exact) mass is 336 g/mol. The molecule has 1 aromatic rings. The lowest BCUT2D eigenvalue weighted by Crippen LogP contribution is -2.45. The van der Waals surface area contributed by atoms with E-state index in [1.807, 2.05) is 0 Å². The van der Waals surface area contributed by atoms with Gasteiger partial charge >= 0.3 is 0 Å². The van der Waals surface area contributed by atoms with Crippen LogP contribution in [0.25, 0.3) is 0 Å². The molecule has 7 heteroatoms.